The van der Waals surface area contributed by atoms with Crippen LogP contribution in [0.2, 0.25) is 0 Å². The van der Waals surface area contributed by atoms with E-state index in [1.54, 1.807) is 12.3 Å². The van der Waals surface area contributed by atoms with Crippen LogP contribution in [0.25, 0.3) is 0 Å². The number of hydrogen-bond donors (Lipinski definition) is 2. The first-order chi connectivity index (χ1) is 7.65. The van der Waals surface area contributed by atoms with Gasteiger partial charge in [-0.2, -0.15) is 0 Å². The molecule has 1 aromatic rings. The zero-order chi connectivity index (χ0) is 12.0. The maximum absolute atomic E-state index is 7.25. The highest BCUT2D eigenvalue weighted by molar-refractivity contribution is 5.94. The van der Waals surface area contributed by atoms with Gasteiger partial charge >= 0.3 is 0 Å². The van der Waals surface area contributed by atoms with Gasteiger partial charge in [0.1, 0.15) is 11.7 Å². The fourth-order valence-electron chi connectivity index (χ4n) is 1.23. The SMILES string of the molecule is CCOCCN(C)c1ccc(C(=N)N)cn1. The number of likely N-dealkylation sites (N-methyl/N-ethyl adjacent to an activating group) is 1. The van der Waals surface area contributed by atoms with Gasteiger partial charge < -0.3 is 15.4 Å². The third-order valence-corrected chi connectivity index (χ3v) is 2.23. The molecule has 0 bridgehead atoms. The number of anilines is 1. The van der Waals surface area contributed by atoms with Crippen molar-refractivity contribution in [3.8, 4) is 0 Å². The fraction of sp³-hybridized carbons (Fsp3) is 0.455. The number of nitrogens with zero attached hydrogens (tertiary/aromatic N) is 2. The summed E-state index contributed by atoms with van der Waals surface area (Å²) in [7, 11) is 1.95. The zero-order valence-corrected chi connectivity index (χ0v) is 9.73. The molecule has 16 heavy (non-hydrogen) atoms. The summed E-state index contributed by atoms with van der Waals surface area (Å²) in [6.07, 6.45) is 1.61. The molecule has 0 spiro atoms. The molecule has 0 aromatic carbocycles. The molecule has 0 saturated carbocycles. The topological polar surface area (TPSA) is 75.2 Å². The summed E-state index contributed by atoms with van der Waals surface area (Å²) in [4.78, 5) is 6.23. The molecule has 1 heterocycles. The molecule has 3 N–H and O–H groups in total. The Balaban J connectivity index is 2.56. The monoisotopic (exact) mass is 222 g/mol. The van der Waals surface area contributed by atoms with Crippen molar-refractivity contribution in [2.75, 3.05) is 31.7 Å². The van der Waals surface area contributed by atoms with Crippen molar-refractivity contribution < 1.29 is 4.74 Å². The van der Waals surface area contributed by atoms with Crippen molar-refractivity contribution in [1.82, 2.24) is 4.98 Å². The van der Waals surface area contributed by atoms with Crippen LogP contribution in [0.15, 0.2) is 18.3 Å². The van der Waals surface area contributed by atoms with Gasteiger partial charge in [-0.15, -0.1) is 0 Å². The van der Waals surface area contributed by atoms with Crippen LogP contribution in [0.1, 0.15) is 12.5 Å². The Labute approximate surface area is 95.7 Å². The van der Waals surface area contributed by atoms with Crippen LogP contribution in [0.4, 0.5) is 5.82 Å². The first-order valence-corrected chi connectivity index (χ1v) is 5.24. The van der Waals surface area contributed by atoms with Gasteiger partial charge in [0, 0.05) is 32.0 Å². The maximum Gasteiger partial charge on any atom is 0.128 e. The summed E-state index contributed by atoms with van der Waals surface area (Å²) in [5, 5.41) is 7.25. The molecule has 1 aromatic heterocycles. The summed E-state index contributed by atoms with van der Waals surface area (Å²) in [5.74, 6) is 0.890. The first-order valence-electron chi connectivity index (χ1n) is 5.24. The lowest BCUT2D eigenvalue weighted by Crippen LogP contribution is -2.23. The second-order valence-electron chi connectivity index (χ2n) is 3.44. The van der Waals surface area contributed by atoms with Gasteiger partial charge in [0.15, 0.2) is 0 Å². The summed E-state index contributed by atoms with van der Waals surface area (Å²) in [6, 6.07) is 3.64. The van der Waals surface area contributed by atoms with Crippen molar-refractivity contribution in [3.63, 3.8) is 0 Å². The molecule has 0 atom stereocenters. The number of amidine groups is 1. The van der Waals surface area contributed by atoms with Crippen LogP contribution in [0.3, 0.4) is 0 Å². The third-order valence-electron chi connectivity index (χ3n) is 2.23. The number of ether oxygens (including phenoxy) is 1. The van der Waals surface area contributed by atoms with Crippen LogP contribution < -0.4 is 10.6 Å². The number of nitrogens with two attached hydrogens (primary N) is 1. The van der Waals surface area contributed by atoms with E-state index in [4.69, 9.17) is 15.9 Å². The number of rotatable bonds is 6. The van der Waals surface area contributed by atoms with Crippen molar-refractivity contribution >= 4 is 11.7 Å². The molecule has 0 radical (unpaired) electrons. The van der Waals surface area contributed by atoms with E-state index in [0.717, 1.165) is 19.0 Å². The Morgan fingerprint density at radius 3 is 2.81 bits per heavy atom. The first kappa shape index (κ1) is 12.4. The van der Waals surface area contributed by atoms with Crippen molar-refractivity contribution in [2.24, 2.45) is 5.73 Å². The summed E-state index contributed by atoms with van der Waals surface area (Å²) < 4.78 is 5.26. The Kier molecular flexibility index (Phi) is 4.72. The zero-order valence-electron chi connectivity index (χ0n) is 9.73. The standard InChI is InChI=1S/C11H18N4O/c1-3-16-7-6-15(2)10-5-4-9(8-14-10)11(12)13/h4-5,8H,3,6-7H2,1-2H3,(H3,12,13). The van der Waals surface area contributed by atoms with Gasteiger partial charge in [0.25, 0.3) is 0 Å². The van der Waals surface area contributed by atoms with Crippen molar-refractivity contribution in [2.45, 2.75) is 6.92 Å². The van der Waals surface area contributed by atoms with Gasteiger partial charge in [-0.3, -0.25) is 5.41 Å². The van der Waals surface area contributed by atoms with E-state index in [-0.39, 0.29) is 5.84 Å². The molecule has 0 aliphatic heterocycles. The summed E-state index contributed by atoms with van der Waals surface area (Å²) >= 11 is 0. The van der Waals surface area contributed by atoms with E-state index >= 15 is 0 Å². The number of pyridine rings is 1. The normalized spacial score (nSPS) is 10.1. The van der Waals surface area contributed by atoms with Gasteiger partial charge in [0.05, 0.1) is 6.61 Å². The molecule has 0 fully saturated rings. The third kappa shape index (κ3) is 3.51. The van der Waals surface area contributed by atoms with E-state index in [1.165, 1.54) is 0 Å². The van der Waals surface area contributed by atoms with Gasteiger partial charge in [-0.1, -0.05) is 0 Å². The highest BCUT2D eigenvalue weighted by Crippen LogP contribution is 2.08. The molecule has 0 aliphatic carbocycles. The van der Waals surface area contributed by atoms with E-state index in [9.17, 15) is 0 Å². The second kappa shape index (κ2) is 6.07. The smallest absolute Gasteiger partial charge is 0.128 e. The molecule has 1 rings (SSSR count). The van der Waals surface area contributed by atoms with Gasteiger partial charge in [-0.25, -0.2) is 4.98 Å². The number of nitrogens with one attached hydrogen (secondary N) is 1. The second-order valence-corrected chi connectivity index (χ2v) is 3.44. The lowest BCUT2D eigenvalue weighted by Gasteiger charge is -2.17. The Morgan fingerprint density at radius 1 is 1.56 bits per heavy atom. The van der Waals surface area contributed by atoms with Crippen molar-refractivity contribution in [1.29, 1.82) is 5.41 Å². The van der Waals surface area contributed by atoms with Crippen LogP contribution in [0.5, 0.6) is 0 Å². The molecule has 0 unspecified atom stereocenters. The lowest BCUT2D eigenvalue weighted by atomic mass is 10.2. The molecule has 0 saturated heterocycles. The predicted molar refractivity (Wildman–Crippen MR) is 65.0 cm³/mol. The van der Waals surface area contributed by atoms with Crippen LogP contribution in [-0.2, 0) is 4.74 Å². The Hall–Kier alpha value is -1.62. The lowest BCUT2D eigenvalue weighted by molar-refractivity contribution is 0.154. The molecule has 5 nitrogen and oxygen atoms in total. The van der Waals surface area contributed by atoms with E-state index < -0.39 is 0 Å². The molecular weight excluding hydrogens is 204 g/mol. The predicted octanol–water partition coefficient (Wildman–Crippen LogP) is 0.838. The van der Waals surface area contributed by atoms with Crippen LogP contribution in [0, 0.1) is 5.41 Å². The molecule has 88 valence electrons. The minimum Gasteiger partial charge on any atom is -0.384 e. The van der Waals surface area contributed by atoms with E-state index in [1.807, 2.05) is 24.9 Å². The van der Waals surface area contributed by atoms with E-state index in [0.29, 0.717) is 12.2 Å². The average molecular weight is 222 g/mol. The number of hydrogen-bond acceptors (Lipinski definition) is 4. The fourth-order valence-corrected chi connectivity index (χ4v) is 1.23. The minimum atomic E-state index is 0.0380. The van der Waals surface area contributed by atoms with Gasteiger partial charge in [-0.05, 0) is 19.1 Å². The number of aromatic nitrogens is 1. The quantitative estimate of drug-likeness (QED) is 0.425. The molecule has 0 aliphatic rings. The maximum atomic E-state index is 7.25. The largest absolute Gasteiger partial charge is 0.384 e. The molecule has 5 heteroatoms. The van der Waals surface area contributed by atoms with Gasteiger partial charge in [0.2, 0.25) is 0 Å². The average Bonchev–Trinajstić information content (AvgIpc) is 2.29. The highest BCUT2D eigenvalue weighted by atomic mass is 16.5. The summed E-state index contributed by atoms with van der Waals surface area (Å²) in [6.45, 7) is 4.17. The van der Waals surface area contributed by atoms with E-state index in [2.05, 4.69) is 4.98 Å². The Morgan fingerprint density at radius 2 is 2.31 bits per heavy atom. The Bertz CT molecular complexity index is 336. The molecule has 0 amide bonds. The van der Waals surface area contributed by atoms with Crippen molar-refractivity contribution in [3.05, 3.63) is 23.9 Å². The number of nitrogen functional groups attached to an aromatic ring is 1. The highest BCUT2D eigenvalue weighted by Gasteiger charge is 2.03. The molecular formula is C11H18N4O. The minimum absolute atomic E-state index is 0.0380. The van der Waals surface area contributed by atoms with Crippen LogP contribution >= 0.6 is 0 Å². The van der Waals surface area contributed by atoms with Crippen LogP contribution in [-0.4, -0.2) is 37.6 Å². The summed E-state index contributed by atoms with van der Waals surface area (Å²) in [5.41, 5.74) is 5.99.